The summed E-state index contributed by atoms with van der Waals surface area (Å²) in [6.07, 6.45) is 0. The van der Waals surface area contributed by atoms with Crippen LogP contribution in [0.1, 0.15) is 1.43 Å². The predicted octanol–water partition coefficient (Wildman–Crippen LogP) is -8.88. The standard InChI is InChI=1S/FH.K.Na.Ta.H/h1H;;;;/q;2*+1;;-1/p-1. The van der Waals surface area contributed by atoms with Crippen molar-refractivity contribution in [3.63, 3.8) is 0 Å². The third-order valence-electron chi connectivity index (χ3n) is 0. The van der Waals surface area contributed by atoms with Gasteiger partial charge in [-0.3, -0.25) is 0 Å². The van der Waals surface area contributed by atoms with Crippen LogP contribution in [-0.4, -0.2) is 0 Å². The van der Waals surface area contributed by atoms with Gasteiger partial charge in [-0.05, 0) is 0 Å². The summed E-state index contributed by atoms with van der Waals surface area (Å²) in [6, 6.07) is 0. The van der Waals surface area contributed by atoms with E-state index in [1.807, 2.05) is 0 Å². The zero-order chi connectivity index (χ0) is 0. The van der Waals surface area contributed by atoms with E-state index in [2.05, 4.69) is 0 Å². The summed E-state index contributed by atoms with van der Waals surface area (Å²) in [4.78, 5) is 0. The first-order valence-electron chi connectivity index (χ1n) is 0. The third kappa shape index (κ3) is 9.00. The van der Waals surface area contributed by atoms with Crippen molar-refractivity contribution in [2.75, 3.05) is 0 Å². The minimum atomic E-state index is 0. The van der Waals surface area contributed by atoms with E-state index in [1.165, 1.54) is 0 Å². The van der Waals surface area contributed by atoms with Gasteiger partial charge in [-0.1, -0.05) is 0 Å². The van der Waals surface area contributed by atoms with Crippen molar-refractivity contribution in [3.8, 4) is 0 Å². The van der Waals surface area contributed by atoms with Gasteiger partial charge in [0.15, 0.2) is 0 Å². The Morgan fingerprint density at radius 1 is 1.25 bits per heavy atom. The Bertz CT molecular complexity index is 11.6. The molecule has 0 aliphatic carbocycles. The molecular formula is HFKNaTa. The molecule has 0 N–H and O–H groups in total. The van der Waals surface area contributed by atoms with Crippen molar-refractivity contribution < 1.29 is 109 Å². The topological polar surface area (TPSA) is 0 Å². The molecule has 4 heavy (non-hydrogen) atoms. The fourth-order valence-electron chi connectivity index (χ4n) is 0. The Hall–Kier alpha value is 3.31. The average molecular weight is 263 g/mol. The van der Waals surface area contributed by atoms with Gasteiger partial charge in [0.05, 0.1) is 0 Å². The average Bonchev–Trinajstić information content (AvgIpc) is 0. The Labute approximate surface area is 107 Å². The van der Waals surface area contributed by atoms with E-state index >= 15 is 0 Å². The molecular weight excluding hydrogens is 262 g/mol. The van der Waals surface area contributed by atoms with Crippen LogP contribution >= 0.6 is 0 Å². The van der Waals surface area contributed by atoms with E-state index in [0.29, 0.717) is 0 Å². The second kappa shape index (κ2) is 16.2. The molecule has 0 aliphatic rings. The molecule has 0 saturated carbocycles. The van der Waals surface area contributed by atoms with E-state index in [1.54, 1.807) is 0 Å². The zero-order valence-corrected chi connectivity index (χ0v) is 11.2. The summed E-state index contributed by atoms with van der Waals surface area (Å²) in [5.74, 6) is 0. The third-order valence-corrected chi connectivity index (χ3v) is 0. The first-order chi connectivity index (χ1) is 0. The van der Waals surface area contributed by atoms with E-state index < -0.39 is 0 Å². The Kier molecular flexibility index (Phi) is 108. The molecule has 0 aromatic carbocycles. The van der Waals surface area contributed by atoms with Crippen LogP contribution in [0, 0.1) is 0 Å². The summed E-state index contributed by atoms with van der Waals surface area (Å²) in [6.45, 7) is 0. The van der Waals surface area contributed by atoms with Crippen molar-refractivity contribution in [1.29, 1.82) is 0 Å². The van der Waals surface area contributed by atoms with Crippen molar-refractivity contribution in [2.45, 2.75) is 0 Å². The summed E-state index contributed by atoms with van der Waals surface area (Å²) in [5.41, 5.74) is 0. The molecule has 0 aliphatic heterocycles. The number of hydrogen-bond acceptors (Lipinski definition) is 0. The quantitative estimate of drug-likeness (QED) is 0.381. The summed E-state index contributed by atoms with van der Waals surface area (Å²) >= 11 is 0. The molecule has 0 unspecified atom stereocenters. The summed E-state index contributed by atoms with van der Waals surface area (Å²) in [5, 5.41) is 0. The van der Waals surface area contributed by atoms with E-state index in [4.69, 9.17) is 0 Å². The van der Waals surface area contributed by atoms with Crippen LogP contribution in [0.2, 0.25) is 0 Å². The molecule has 4 heteroatoms. The minimum Gasteiger partial charge on any atom is -1.00 e. The molecule has 0 aromatic heterocycles. The van der Waals surface area contributed by atoms with Gasteiger partial charge in [-0.15, -0.1) is 0 Å². The molecule has 0 rings (SSSR count). The van der Waals surface area contributed by atoms with Crippen molar-refractivity contribution >= 4 is 0 Å². The molecule has 0 fully saturated rings. The van der Waals surface area contributed by atoms with Gasteiger partial charge in [0.25, 0.3) is 0 Å². The van der Waals surface area contributed by atoms with Gasteiger partial charge in [-0.2, -0.15) is 0 Å². The summed E-state index contributed by atoms with van der Waals surface area (Å²) in [7, 11) is 0. The van der Waals surface area contributed by atoms with E-state index in [-0.39, 0.29) is 109 Å². The normalized spacial score (nSPS) is 0. The van der Waals surface area contributed by atoms with Crippen LogP contribution in [0.3, 0.4) is 0 Å². The second-order valence-electron chi connectivity index (χ2n) is 0. The van der Waals surface area contributed by atoms with Gasteiger partial charge >= 0.3 is 80.9 Å². The molecule has 1 radical (unpaired) electrons. The first kappa shape index (κ1) is 26.6. The molecule has 0 amide bonds. The number of hydrogen-bond donors (Lipinski definition) is 0. The van der Waals surface area contributed by atoms with Crippen molar-refractivity contribution in [3.05, 3.63) is 0 Å². The Morgan fingerprint density at radius 3 is 1.25 bits per heavy atom. The van der Waals surface area contributed by atoms with Crippen LogP contribution in [0.15, 0.2) is 0 Å². The van der Waals surface area contributed by atoms with Gasteiger partial charge in [-0.25, -0.2) is 0 Å². The molecule has 0 aromatic rings. The van der Waals surface area contributed by atoms with Crippen molar-refractivity contribution in [1.82, 2.24) is 0 Å². The smallest absolute Gasteiger partial charge is 1.00 e. The second-order valence-corrected chi connectivity index (χ2v) is 0. The van der Waals surface area contributed by atoms with Gasteiger partial charge in [0.1, 0.15) is 0 Å². The van der Waals surface area contributed by atoms with E-state index in [9.17, 15) is 0 Å². The van der Waals surface area contributed by atoms with Gasteiger partial charge in [0, 0.05) is 22.4 Å². The Morgan fingerprint density at radius 2 is 1.25 bits per heavy atom. The first-order valence-corrected chi connectivity index (χ1v) is 0. The van der Waals surface area contributed by atoms with Gasteiger partial charge < -0.3 is 6.13 Å². The van der Waals surface area contributed by atoms with Crippen LogP contribution < -0.4 is 85.6 Å². The van der Waals surface area contributed by atoms with Crippen molar-refractivity contribution in [2.24, 2.45) is 0 Å². The SMILES string of the molecule is [F-].[H-].[K+].[Na+].[Ta]. The molecule has 0 spiro atoms. The monoisotopic (exact) mass is 263 g/mol. The molecule has 0 bridgehead atoms. The van der Waals surface area contributed by atoms with Crippen LogP contribution in [0.4, 0.5) is 0 Å². The van der Waals surface area contributed by atoms with Crippen LogP contribution in [0.5, 0.6) is 0 Å². The molecule has 15 valence electrons. The maximum atomic E-state index is 0. The zero-order valence-electron chi connectivity index (χ0n) is 3.83. The van der Waals surface area contributed by atoms with E-state index in [0.717, 1.165) is 0 Å². The molecule has 0 atom stereocenters. The Balaban J connectivity index is 0. The predicted molar refractivity (Wildman–Crippen MR) is 1.11 cm³/mol. The largest absolute Gasteiger partial charge is 1.00 e. The molecule has 0 heterocycles. The van der Waals surface area contributed by atoms with Gasteiger partial charge in [0.2, 0.25) is 0 Å². The number of rotatable bonds is 0. The van der Waals surface area contributed by atoms with Crippen LogP contribution in [-0.2, 0) is 22.4 Å². The molecule has 0 nitrogen and oxygen atoms in total. The maximum absolute atomic E-state index is 0. The fourth-order valence-corrected chi connectivity index (χ4v) is 0. The summed E-state index contributed by atoms with van der Waals surface area (Å²) < 4.78 is 0. The number of halogens is 1. The van der Waals surface area contributed by atoms with Crippen LogP contribution in [0.25, 0.3) is 0 Å². The fraction of sp³-hybridized carbons (Fsp3) is 0. The minimum absolute atomic E-state index is 0. The molecule has 0 saturated heterocycles. The maximum Gasteiger partial charge on any atom is 1.00 e.